The van der Waals surface area contributed by atoms with Crippen LogP contribution in [0.2, 0.25) is 0 Å². The largest absolute Gasteiger partial charge is 0.492 e. The molecule has 0 spiro atoms. The number of likely N-dealkylation sites (N-methyl/N-ethyl adjacent to an activating group) is 1. The van der Waals surface area contributed by atoms with Crippen LogP contribution in [-0.4, -0.2) is 72.3 Å². The Balaban J connectivity index is 1.81. The van der Waals surface area contributed by atoms with Crippen LogP contribution in [0.4, 0.5) is 0 Å². The van der Waals surface area contributed by atoms with Gasteiger partial charge in [-0.1, -0.05) is 12.1 Å². The molecule has 0 radical (unpaired) electrons. The molecular formula is C15H25BN2O3. The molecule has 0 saturated carbocycles. The van der Waals surface area contributed by atoms with Crippen LogP contribution in [0.15, 0.2) is 24.3 Å². The van der Waals surface area contributed by atoms with Gasteiger partial charge in [0, 0.05) is 31.7 Å². The van der Waals surface area contributed by atoms with Crippen molar-refractivity contribution in [3.8, 4) is 5.75 Å². The first-order valence-electron chi connectivity index (χ1n) is 7.41. The SMILES string of the molecule is CN1CCN(CCOc2cccc(B(O)O)c2)CC1(C)C. The summed E-state index contributed by atoms with van der Waals surface area (Å²) in [6.07, 6.45) is 0. The fourth-order valence-corrected chi connectivity index (χ4v) is 2.59. The van der Waals surface area contributed by atoms with Gasteiger partial charge in [-0.25, -0.2) is 0 Å². The zero-order valence-corrected chi connectivity index (χ0v) is 13.1. The second-order valence-corrected chi connectivity index (χ2v) is 6.30. The summed E-state index contributed by atoms with van der Waals surface area (Å²) >= 11 is 0. The van der Waals surface area contributed by atoms with E-state index in [0.29, 0.717) is 17.8 Å². The van der Waals surface area contributed by atoms with Crippen molar-refractivity contribution in [1.82, 2.24) is 9.80 Å². The average Bonchev–Trinajstić information content (AvgIpc) is 2.43. The Morgan fingerprint density at radius 1 is 1.29 bits per heavy atom. The van der Waals surface area contributed by atoms with Gasteiger partial charge >= 0.3 is 7.12 Å². The van der Waals surface area contributed by atoms with Gasteiger partial charge < -0.3 is 14.8 Å². The van der Waals surface area contributed by atoms with Crippen LogP contribution in [0.1, 0.15) is 13.8 Å². The number of hydrogen-bond acceptors (Lipinski definition) is 5. The van der Waals surface area contributed by atoms with Crippen molar-refractivity contribution in [3.63, 3.8) is 0 Å². The van der Waals surface area contributed by atoms with Gasteiger partial charge in [-0.15, -0.1) is 0 Å². The molecule has 1 aliphatic rings. The van der Waals surface area contributed by atoms with Crippen LogP contribution in [0, 0.1) is 0 Å². The molecule has 0 bridgehead atoms. The minimum absolute atomic E-state index is 0.194. The van der Waals surface area contributed by atoms with Crippen LogP contribution in [0.3, 0.4) is 0 Å². The van der Waals surface area contributed by atoms with Crippen molar-refractivity contribution in [2.24, 2.45) is 0 Å². The van der Waals surface area contributed by atoms with Gasteiger partial charge in [-0.05, 0) is 38.5 Å². The maximum atomic E-state index is 9.15. The molecule has 0 aliphatic carbocycles. The molecule has 1 aromatic rings. The molecule has 0 unspecified atom stereocenters. The highest BCUT2D eigenvalue weighted by Crippen LogP contribution is 2.18. The van der Waals surface area contributed by atoms with E-state index in [2.05, 4.69) is 30.7 Å². The average molecular weight is 292 g/mol. The van der Waals surface area contributed by atoms with E-state index in [1.54, 1.807) is 18.2 Å². The molecular weight excluding hydrogens is 267 g/mol. The third-order valence-corrected chi connectivity index (χ3v) is 4.23. The zero-order chi connectivity index (χ0) is 15.5. The number of piperazine rings is 1. The lowest BCUT2D eigenvalue weighted by Gasteiger charge is -2.45. The van der Waals surface area contributed by atoms with Gasteiger partial charge in [0.2, 0.25) is 0 Å². The van der Waals surface area contributed by atoms with Crippen LogP contribution < -0.4 is 10.2 Å². The van der Waals surface area contributed by atoms with Gasteiger partial charge in [-0.3, -0.25) is 9.80 Å². The fourth-order valence-electron chi connectivity index (χ4n) is 2.59. The van der Waals surface area contributed by atoms with Crippen molar-refractivity contribution in [3.05, 3.63) is 24.3 Å². The van der Waals surface area contributed by atoms with E-state index in [1.165, 1.54) is 0 Å². The molecule has 21 heavy (non-hydrogen) atoms. The summed E-state index contributed by atoms with van der Waals surface area (Å²) in [6, 6.07) is 6.93. The first kappa shape index (κ1) is 16.3. The van der Waals surface area contributed by atoms with E-state index in [-0.39, 0.29) is 5.54 Å². The molecule has 1 heterocycles. The molecule has 116 valence electrons. The van der Waals surface area contributed by atoms with Crippen LogP contribution in [-0.2, 0) is 0 Å². The van der Waals surface area contributed by atoms with Crippen molar-refractivity contribution >= 4 is 12.6 Å². The highest BCUT2D eigenvalue weighted by molar-refractivity contribution is 6.58. The molecule has 6 heteroatoms. The van der Waals surface area contributed by atoms with Gasteiger partial charge in [0.1, 0.15) is 12.4 Å². The van der Waals surface area contributed by atoms with Crippen molar-refractivity contribution in [1.29, 1.82) is 0 Å². The lowest BCUT2D eigenvalue weighted by Crippen LogP contribution is -2.58. The minimum atomic E-state index is -1.45. The van der Waals surface area contributed by atoms with E-state index in [0.717, 1.165) is 26.2 Å². The molecule has 0 aromatic heterocycles. The molecule has 1 aromatic carbocycles. The standard InChI is InChI=1S/C15H25BN2O3/c1-15(2)12-18(8-7-17(15)3)9-10-21-14-6-4-5-13(11-14)16(19)20/h4-6,11,19-20H,7-10,12H2,1-3H3. The summed E-state index contributed by atoms with van der Waals surface area (Å²) in [5.41, 5.74) is 0.646. The van der Waals surface area contributed by atoms with Gasteiger partial charge in [-0.2, -0.15) is 0 Å². The molecule has 1 saturated heterocycles. The Morgan fingerprint density at radius 2 is 2.05 bits per heavy atom. The first-order chi connectivity index (χ1) is 9.88. The normalized spacial score (nSPS) is 19.5. The first-order valence-corrected chi connectivity index (χ1v) is 7.41. The molecule has 0 amide bonds. The quantitative estimate of drug-likeness (QED) is 0.734. The number of ether oxygens (including phenoxy) is 1. The summed E-state index contributed by atoms with van der Waals surface area (Å²) in [6.45, 7) is 9.15. The number of hydrogen-bond donors (Lipinski definition) is 2. The Bertz CT molecular complexity index is 468. The van der Waals surface area contributed by atoms with Gasteiger partial charge in [0.15, 0.2) is 0 Å². The van der Waals surface area contributed by atoms with E-state index < -0.39 is 7.12 Å². The lowest BCUT2D eigenvalue weighted by molar-refractivity contribution is 0.0338. The van der Waals surface area contributed by atoms with Crippen molar-refractivity contribution in [2.75, 3.05) is 39.8 Å². The maximum Gasteiger partial charge on any atom is 0.488 e. The lowest BCUT2D eigenvalue weighted by atomic mass is 9.80. The van der Waals surface area contributed by atoms with E-state index in [9.17, 15) is 0 Å². The summed E-state index contributed by atoms with van der Waals surface area (Å²) in [5, 5.41) is 18.3. The predicted molar refractivity (Wildman–Crippen MR) is 84.9 cm³/mol. The Hall–Kier alpha value is -1.08. The molecule has 2 N–H and O–H groups in total. The van der Waals surface area contributed by atoms with Crippen LogP contribution in [0.25, 0.3) is 0 Å². The second-order valence-electron chi connectivity index (χ2n) is 6.30. The monoisotopic (exact) mass is 292 g/mol. The molecule has 1 aliphatic heterocycles. The van der Waals surface area contributed by atoms with Crippen LogP contribution in [0.5, 0.6) is 5.75 Å². The summed E-state index contributed by atoms with van der Waals surface area (Å²) in [5.74, 6) is 0.675. The summed E-state index contributed by atoms with van der Waals surface area (Å²) in [7, 11) is 0.714. The molecule has 1 fully saturated rings. The Kier molecular flexibility index (Phi) is 5.27. The highest BCUT2D eigenvalue weighted by atomic mass is 16.5. The summed E-state index contributed by atoms with van der Waals surface area (Å²) in [4.78, 5) is 4.79. The summed E-state index contributed by atoms with van der Waals surface area (Å²) < 4.78 is 5.72. The highest BCUT2D eigenvalue weighted by Gasteiger charge is 2.30. The van der Waals surface area contributed by atoms with Crippen molar-refractivity contribution < 1.29 is 14.8 Å². The Morgan fingerprint density at radius 3 is 2.71 bits per heavy atom. The molecule has 0 atom stereocenters. The predicted octanol–water partition coefficient (Wildman–Crippen LogP) is -0.229. The van der Waals surface area contributed by atoms with E-state index in [4.69, 9.17) is 14.8 Å². The minimum Gasteiger partial charge on any atom is -0.492 e. The topological polar surface area (TPSA) is 56.2 Å². The molecule has 2 rings (SSSR count). The third kappa shape index (κ3) is 4.44. The fraction of sp³-hybridized carbons (Fsp3) is 0.600. The van der Waals surface area contributed by atoms with Gasteiger partial charge in [0.05, 0.1) is 0 Å². The zero-order valence-electron chi connectivity index (χ0n) is 13.1. The van der Waals surface area contributed by atoms with E-state index in [1.807, 2.05) is 6.07 Å². The second kappa shape index (κ2) is 6.79. The van der Waals surface area contributed by atoms with Crippen molar-refractivity contribution in [2.45, 2.75) is 19.4 Å². The smallest absolute Gasteiger partial charge is 0.488 e. The number of rotatable bonds is 5. The molecule has 5 nitrogen and oxygen atoms in total. The number of nitrogens with zero attached hydrogens (tertiary/aromatic N) is 2. The van der Waals surface area contributed by atoms with Gasteiger partial charge in [0.25, 0.3) is 0 Å². The third-order valence-electron chi connectivity index (χ3n) is 4.23. The number of benzene rings is 1. The Labute approximate surface area is 127 Å². The van der Waals surface area contributed by atoms with E-state index >= 15 is 0 Å². The maximum absolute atomic E-state index is 9.15. The van der Waals surface area contributed by atoms with Crippen LogP contribution >= 0.6 is 0 Å².